The largest absolute Gasteiger partial charge is 0.374 e. The Morgan fingerprint density at radius 3 is 2.84 bits per heavy atom. The quantitative estimate of drug-likeness (QED) is 0.791. The third kappa shape index (κ3) is 4.71. The second-order valence-corrected chi connectivity index (χ2v) is 6.26. The molecular weight excluding hydrogens is 240 g/mol. The van der Waals surface area contributed by atoms with E-state index in [-0.39, 0.29) is 18.2 Å². The van der Waals surface area contributed by atoms with Crippen molar-refractivity contribution in [3.63, 3.8) is 0 Å². The molecule has 2 aliphatic rings. The van der Waals surface area contributed by atoms with Gasteiger partial charge in [0.25, 0.3) is 0 Å². The van der Waals surface area contributed by atoms with Gasteiger partial charge in [-0.05, 0) is 26.7 Å². The zero-order valence-corrected chi connectivity index (χ0v) is 12.5. The average Bonchev–Trinajstić information content (AvgIpc) is 2.61. The fraction of sp³-hybridized carbons (Fsp3) is 1.00. The number of nitrogens with zero attached hydrogens (tertiary/aromatic N) is 1. The van der Waals surface area contributed by atoms with E-state index in [9.17, 15) is 0 Å². The highest BCUT2D eigenvalue weighted by Crippen LogP contribution is 2.20. The summed E-state index contributed by atoms with van der Waals surface area (Å²) in [6.45, 7) is 8.02. The summed E-state index contributed by atoms with van der Waals surface area (Å²) in [7, 11) is 0. The normalized spacial score (nSPS) is 34.4. The van der Waals surface area contributed by atoms with Crippen molar-refractivity contribution in [3.05, 3.63) is 0 Å². The predicted molar refractivity (Wildman–Crippen MR) is 77.2 cm³/mol. The smallest absolute Gasteiger partial charge is 0.0935 e. The summed E-state index contributed by atoms with van der Waals surface area (Å²) in [5, 5.41) is 0. The molecule has 1 saturated carbocycles. The van der Waals surface area contributed by atoms with Crippen molar-refractivity contribution < 1.29 is 9.47 Å². The van der Waals surface area contributed by atoms with E-state index in [1.54, 1.807) is 0 Å². The molecule has 0 bridgehead atoms. The van der Waals surface area contributed by atoms with Crippen LogP contribution in [0.3, 0.4) is 0 Å². The van der Waals surface area contributed by atoms with Crippen molar-refractivity contribution >= 4 is 0 Å². The number of hydrogen-bond donors (Lipinski definition) is 1. The third-order valence-corrected chi connectivity index (χ3v) is 4.40. The van der Waals surface area contributed by atoms with Crippen LogP contribution >= 0.6 is 0 Å². The van der Waals surface area contributed by atoms with Gasteiger partial charge in [-0.1, -0.05) is 19.3 Å². The van der Waals surface area contributed by atoms with E-state index < -0.39 is 0 Å². The number of rotatable bonds is 4. The second-order valence-electron chi connectivity index (χ2n) is 6.26. The highest BCUT2D eigenvalue weighted by molar-refractivity contribution is 4.79. The standard InChI is InChI=1S/C15H30N2O2/c1-12(2)17-8-9-18-13(10-17)11-19-15-7-5-3-4-6-14(15)16/h12-15H,3-11,16H2,1-2H3. The van der Waals surface area contributed by atoms with Gasteiger partial charge in [-0.25, -0.2) is 0 Å². The van der Waals surface area contributed by atoms with Gasteiger partial charge in [0, 0.05) is 25.2 Å². The van der Waals surface area contributed by atoms with Crippen LogP contribution in [0.4, 0.5) is 0 Å². The van der Waals surface area contributed by atoms with Gasteiger partial charge < -0.3 is 15.2 Å². The van der Waals surface area contributed by atoms with Crippen LogP contribution in [0.25, 0.3) is 0 Å². The average molecular weight is 270 g/mol. The Balaban J connectivity index is 1.74. The molecule has 1 aliphatic heterocycles. The van der Waals surface area contributed by atoms with Crippen molar-refractivity contribution in [2.24, 2.45) is 5.73 Å². The van der Waals surface area contributed by atoms with Crippen LogP contribution in [0, 0.1) is 0 Å². The molecule has 1 aliphatic carbocycles. The van der Waals surface area contributed by atoms with E-state index in [0.717, 1.165) is 32.5 Å². The highest BCUT2D eigenvalue weighted by atomic mass is 16.5. The minimum atomic E-state index is 0.214. The molecule has 0 aromatic heterocycles. The summed E-state index contributed by atoms with van der Waals surface area (Å²) >= 11 is 0. The van der Waals surface area contributed by atoms with Crippen LogP contribution in [0.5, 0.6) is 0 Å². The minimum Gasteiger partial charge on any atom is -0.374 e. The summed E-state index contributed by atoms with van der Waals surface area (Å²) in [5.41, 5.74) is 6.19. The zero-order valence-electron chi connectivity index (χ0n) is 12.5. The number of ether oxygens (including phenoxy) is 2. The monoisotopic (exact) mass is 270 g/mol. The molecule has 3 atom stereocenters. The molecule has 1 heterocycles. The van der Waals surface area contributed by atoms with E-state index in [1.807, 2.05) is 0 Å². The van der Waals surface area contributed by atoms with Crippen LogP contribution < -0.4 is 5.73 Å². The van der Waals surface area contributed by atoms with Gasteiger partial charge in [0.15, 0.2) is 0 Å². The Bertz CT molecular complexity index is 261. The topological polar surface area (TPSA) is 47.7 Å². The SMILES string of the molecule is CC(C)N1CCOC(COC2CCCCCC2N)C1. The van der Waals surface area contributed by atoms with Crippen molar-refractivity contribution in [1.82, 2.24) is 4.90 Å². The lowest BCUT2D eigenvalue weighted by molar-refractivity contribution is -0.0946. The molecular formula is C15H30N2O2. The Hall–Kier alpha value is -0.160. The Morgan fingerprint density at radius 1 is 1.26 bits per heavy atom. The Kier molecular flexibility index (Phi) is 6.07. The van der Waals surface area contributed by atoms with Gasteiger partial charge in [-0.3, -0.25) is 4.90 Å². The molecule has 4 heteroatoms. The van der Waals surface area contributed by atoms with Crippen molar-refractivity contribution in [2.45, 2.75) is 70.2 Å². The minimum absolute atomic E-state index is 0.214. The zero-order chi connectivity index (χ0) is 13.7. The molecule has 0 spiro atoms. The van der Waals surface area contributed by atoms with E-state index in [4.69, 9.17) is 15.2 Å². The summed E-state index contributed by atoms with van der Waals surface area (Å²) in [5.74, 6) is 0. The maximum absolute atomic E-state index is 6.19. The Labute approximate surface area is 117 Å². The van der Waals surface area contributed by atoms with Crippen LogP contribution in [-0.4, -0.2) is 55.5 Å². The van der Waals surface area contributed by atoms with Gasteiger partial charge >= 0.3 is 0 Å². The lowest BCUT2D eigenvalue weighted by Crippen LogP contribution is -2.48. The summed E-state index contributed by atoms with van der Waals surface area (Å²) in [4.78, 5) is 2.46. The van der Waals surface area contributed by atoms with Crippen LogP contribution in [0.15, 0.2) is 0 Å². The second kappa shape index (κ2) is 7.58. The van der Waals surface area contributed by atoms with Gasteiger partial charge in [0.05, 0.1) is 25.4 Å². The van der Waals surface area contributed by atoms with Crippen LogP contribution in [-0.2, 0) is 9.47 Å². The lowest BCUT2D eigenvalue weighted by atomic mass is 10.1. The van der Waals surface area contributed by atoms with E-state index in [0.29, 0.717) is 12.6 Å². The molecule has 3 unspecified atom stereocenters. The molecule has 0 amide bonds. The molecule has 0 radical (unpaired) electrons. The number of nitrogens with two attached hydrogens (primary N) is 1. The molecule has 112 valence electrons. The summed E-state index contributed by atoms with van der Waals surface area (Å²) in [6, 6.07) is 0.804. The molecule has 2 rings (SSSR count). The summed E-state index contributed by atoms with van der Waals surface area (Å²) in [6.07, 6.45) is 6.47. The molecule has 4 nitrogen and oxygen atoms in total. The van der Waals surface area contributed by atoms with E-state index >= 15 is 0 Å². The first-order valence-electron chi connectivity index (χ1n) is 7.89. The van der Waals surface area contributed by atoms with Crippen LogP contribution in [0.1, 0.15) is 46.0 Å². The molecule has 2 fully saturated rings. The first-order valence-corrected chi connectivity index (χ1v) is 7.89. The fourth-order valence-electron chi connectivity index (χ4n) is 3.05. The lowest BCUT2D eigenvalue weighted by Gasteiger charge is -2.36. The number of hydrogen-bond acceptors (Lipinski definition) is 4. The first-order chi connectivity index (χ1) is 9.16. The predicted octanol–water partition coefficient (Wildman–Crippen LogP) is 1.77. The third-order valence-electron chi connectivity index (χ3n) is 4.40. The Morgan fingerprint density at radius 2 is 2.05 bits per heavy atom. The van der Waals surface area contributed by atoms with E-state index in [1.165, 1.54) is 19.3 Å². The maximum Gasteiger partial charge on any atom is 0.0935 e. The maximum atomic E-state index is 6.19. The molecule has 0 aromatic rings. The van der Waals surface area contributed by atoms with E-state index in [2.05, 4.69) is 18.7 Å². The van der Waals surface area contributed by atoms with Crippen molar-refractivity contribution in [3.8, 4) is 0 Å². The van der Waals surface area contributed by atoms with Gasteiger partial charge in [0.1, 0.15) is 0 Å². The molecule has 19 heavy (non-hydrogen) atoms. The van der Waals surface area contributed by atoms with Gasteiger partial charge in [-0.15, -0.1) is 0 Å². The van der Waals surface area contributed by atoms with Crippen molar-refractivity contribution in [1.29, 1.82) is 0 Å². The molecule has 1 saturated heterocycles. The van der Waals surface area contributed by atoms with Gasteiger partial charge in [-0.2, -0.15) is 0 Å². The molecule has 2 N–H and O–H groups in total. The van der Waals surface area contributed by atoms with Gasteiger partial charge in [0.2, 0.25) is 0 Å². The highest BCUT2D eigenvalue weighted by Gasteiger charge is 2.26. The molecule has 0 aromatic carbocycles. The summed E-state index contributed by atoms with van der Waals surface area (Å²) < 4.78 is 11.9. The fourth-order valence-corrected chi connectivity index (χ4v) is 3.05. The number of morpholine rings is 1. The first kappa shape index (κ1) is 15.2. The van der Waals surface area contributed by atoms with Crippen molar-refractivity contribution in [2.75, 3.05) is 26.3 Å². The van der Waals surface area contributed by atoms with Crippen LogP contribution in [0.2, 0.25) is 0 Å².